The fourth-order valence-electron chi connectivity index (χ4n) is 4.48. The van der Waals surface area contributed by atoms with Gasteiger partial charge >= 0.3 is 10.9 Å². The number of benzene rings is 2. The van der Waals surface area contributed by atoms with Crippen LogP contribution in [0.2, 0.25) is 5.02 Å². The Kier molecular flexibility index (Phi) is 6.23. The van der Waals surface area contributed by atoms with Crippen LogP contribution in [-0.2, 0) is 20.9 Å². The van der Waals surface area contributed by atoms with Gasteiger partial charge in [-0.1, -0.05) is 64.5 Å². The van der Waals surface area contributed by atoms with E-state index in [0.29, 0.717) is 31.1 Å². The van der Waals surface area contributed by atoms with Crippen LogP contribution in [0.1, 0.15) is 21.9 Å². The van der Waals surface area contributed by atoms with Gasteiger partial charge in [-0.15, -0.1) is 0 Å². The van der Waals surface area contributed by atoms with Crippen LogP contribution in [0.3, 0.4) is 0 Å². The molecule has 3 N–H and O–H groups in total. The molecule has 184 valence electrons. The quantitative estimate of drug-likeness (QED) is 0.487. The van der Waals surface area contributed by atoms with Gasteiger partial charge in [0.2, 0.25) is 11.8 Å². The molecule has 2 aromatic carbocycles. The van der Waals surface area contributed by atoms with Crippen LogP contribution in [0.4, 0.5) is 10.5 Å². The summed E-state index contributed by atoms with van der Waals surface area (Å²) in [6.07, 6.45) is 0. The van der Waals surface area contributed by atoms with Crippen molar-refractivity contribution in [1.82, 2.24) is 9.47 Å². The zero-order chi connectivity index (χ0) is 25.7. The third-order valence-corrected chi connectivity index (χ3v) is 8.99. The lowest BCUT2D eigenvalue weighted by molar-refractivity contribution is -0.135. The molecule has 1 aromatic heterocycles. The van der Waals surface area contributed by atoms with Crippen molar-refractivity contribution in [2.75, 3.05) is 5.32 Å². The van der Waals surface area contributed by atoms with Gasteiger partial charge in [0.15, 0.2) is 0 Å². The number of nitrogens with zero attached hydrogens (tertiary/aromatic N) is 2. The number of amides is 5. The molecule has 0 spiro atoms. The first kappa shape index (κ1) is 24.3. The third-order valence-electron chi connectivity index (χ3n) is 6.14. The fraction of sp³-hybridized carbons (Fsp3) is 0.208. The lowest BCUT2D eigenvalue weighted by Gasteiger charge is -2.30. The molecule has 0 aliphatic carbocycles. The Morgan fingerprint density at radius 3 is 2.33 bits per heavy atom. The summed E-state index contributed by atoms with van der Waals surface area (Å²) in [6, 6.07) is 12.8. The average molecular weight is 543 g/mol. The van der Waals surface area contributed by atoms with E-state index in [-0.39, 0.29) is 6.54 Å². The van der Waals surface area contributed by atoms with Gasteiger partial charge in [-0.2, -0.15) is 4.90 Å². The molecule has 3 atom stereocenters. The number of rotatable bonds is 4. The van der Waals surface area contributed by atoms with E-state index in [4.69, 9.17) is 17.3 Å². The fourth-order valence-corrected chi connectivity index (χ4v) is 7.38. The number of hydrogen-bond donors (Lipinski definition) is 2. The summed E-state index contributed by atoms with van der Waals surface area (Å²) in [4.78, 5) is 64.6. The number of urea groups is 1. The van der Waals surface area contributed by atoms with E-state index >= 15 is 0 Å². The largest absolute Gasteiger partial charge is 0.351 e. The van der Waals surface area contributed by atoms with Crippen molar-refractivity contribution < 1.29 is 19.2 Å². The standard InChI is InChI=1S/C24H19ClN4O5S2/c1-11-2-8-14(9-3-11)27-15(30)10-28-22-19(36-24(28)34)16(12-4-6-13(25)7-5-12)17-18(35-22)21(32)29(20(17)31)23(26)33/h2-9,16-18H,10H2,1H3,(H2,26,33)(H,27,30). The van der Waals surface area contributed by atoms with Crippen molar-refractivity contribution in [2.45, 2.75) is 29.7 Å². The Morgan fingerprint density at radius 2 is 1.69 bits per heavy atom. The molecule has 0 saturated carbocycles. The summed E-state index contributed by atoms with van der Waals surface area (Å²) >= 11 is 7.97. The Bertz CT molecular complexity index is 1470. The van der Waals surface area contributed by atoms with Gasteiger partial charge in [-0.25, -0.2) is 4.79 Å². The Hall–Kier alpha value is -3.41. The summed E-state index contributed by atoms with van der Waals surface area (Å²) in [5.41, 5.74) is 7.61. The van der Waals surface area contributed by atoms with Crippen molar-refractivity contribution in [3.8, 4) is 0 Å². The van der Waals surface area contributed by atoms with E-state index in [2.05, 4.69) is 5.32 Å². The molecule has 1 saturated heterocycles. The molecule has 12 heteroatoms. The second kappa shape index (κ2) is 9.23. The van der Waals surface area contributed by atoms with Gasteiger partial charge in [0, 0.05) is 21.5 Å². The number of hydrogen-bond acceptors (Lipinski definition) is 7. The van der Waals surface area contributed by atoms with Crippen LogP contribution in [0.25, 0.3) is 0 Å². The third kappa shape index (κ3) is 4.12. The molecule has 0 bridgehead atoms. The summed E-state index contributed by atoms with van der Waals surface area (Å²) in [7, 11) is 0. The van der Waals surface area contributed by atoms with E-state index in [1.807, 2.05) is 19.1 Å². The Labute approximate surface area is 218 Å². The number of carbonyl (C=O) groups is 4. The molecule has 5 rings (SSSR count). The highest BCUT2D eigenvalue weighted by molar-refractivity contribution is 8.00. The molecule has 2 aliphatic rings. The number of halogens is 1. The van der Waals surface area contributed by atoms with Crippen LogP contribution >= 0.6 is 34.7 Å². The van der Waals surface area contributed by atoms with E-state index < -0.39 is 45.7 Å². The molecule has 2 aliphatic heterocycles. The molecule has 0 radical (unpaired) electrons. The molecular weight excluding hydrogens is 524 g/mol. The summed E-state index contributed by atoms with van der Waals surface area (Å²) < 4.78 is 1.30. The smallest absolute Gasteiger partial charge is 0.328 e. The van der Waals surface area contributed by atoms with Gasteiger partial charge in [0.1, 0.15) is 11.8 Å². The number of nitrogens with two attached hydrogens (primary N) is 1. The minimum absolute atomic E-state index is 0.280. The number of likely N-dealkylation sites (tertiary alicyclic amines) is 1. The van der Waals surface area contributed by atoms with Crippen LogP contribution in [-0.4, -0.2) is 38.5 Å². The number of carbonyl (C=O) groups excluding carboxylic acids is 4. The molecule has 3 heterocycles. The lowest BCUT2D eigenvalue weighted by atomic mass is 9.83. The first-order chi connectivity index (χ1) is 17.2. The van der Waals surface area contributed by atoms with E-state index in [0.717, 1.165) is 28.7 Å². The number of fused-ring (bicyclic) bond motifs is 2. The molecule has 3 aromatic rings. The monoisotopic (exact) mass is 542 g/mol. The maximum absolute atomic E-state index is 13.2. The highest BCUT2D eigenvalue weighted by Gasteiger charge is 2.57. The molecule has 1 fully saturated rings. The normalized spacial score (nSPS) is 20.7. The van der Waals surface area contributed by atoms with Crippen molar-refractivity contribution >= 4 is 64.1 Å². The Balaban J connectivity index is 1.55. The highest BCUT2D eigenvalue weighted by atomic mass is 35.5. The van der Waals surface area contributed by atoms with Crippen LogP contribution in [0.5, 0.6) is 0 Å². The number of nitrogens with one attached hydrogen (secondary N) is 1. The molecule has 9 nitrogen and oxygen atoms in total. The Morgan fingerprint density at radius 1 is 1.03 bits per heavy atom. The summed E-state index contributed by atoms with van der Waals surface area (Å²) in [5, 5.41) is 2.69. The van der Waals surface area contributed by atoms with Gasteiger partial charge in [-0.05, 0) is 36.8 Å². The minimum Gasteiger partial charge on any atom is -0.351 e. The van der Waals surface area contributed by atoms with Gasteiger partial charge in [0.05, 0.1) is 10.9 Å². The maximum Gasteiger partial charge on any atom is 0.328 e. The van der Waals surface area contributed by atoms with E-state index in [1.54, 1.807) is 36.4 Å². The first-order valence-corrected chi connectivity index (χ1v) is 12.9. The lowest BCUT2D eigenvalue weighted by Crippen LogP contribution is -2.41. The van der Waals surface area contributed by atoms with Crippen molar-refractivity contribution in [3.63, 3.8) is 0 Å². The average Bonchev–Trinajstić information content (AvgIpc) is 3.27. The second-order valence-electron chi connectivity index (χ2n) is 8.48. The second-order valence-corrected chi connectivity index (χ2v) is 11.0. The number of primary amides is 1. The van der Waals surface area contributed by atoms with Gasteiger partial charge in [0.25, 0.3) is 5.91 Å². The van der Waals surface area contributed by atoms with Crippen molar-refractivity contribution in [3.05, 3.63) is 79.2 Å². The van der Waals surface area contributed by atoms with Crippen LogP contribution in [0.15, 0.2) is 58.4 Å². The van der Waals surface area contributed by atoms with Crippen LogP contribution in [0, 0.1) is 12.8 Å². The number of aromatic nitrogens is 1. The number of thioether (sulfide) groups is 1. The number of aryl methyl sites for hydroxylation is 1. The van der Waals surface area contributed by atoms with Crippen molar-refractivity contribution in [1.29, 1.82) is 0 Å². The SMILES string of the molecule is Cc1ccc(NC(=O)Cn2c3c(sc2=O)C(c2ccc(Cl)cc2)C2C(=O)N(C(N)=O)C(=O)C2S3)cc1. The molecular formula is C24H19ClN4O5S2. The molecule has 3 unspecified atom stereocenters. The maximum atomic E-state index is 13.2. The van der Waals surface area contributed by atoms with Gasteiger partial charge in [-0.3, -0.25) is 23.7 Å². The van der Waals surface area contributed by atoms with E-state index in [9.17, 15) is 24.0 Å². The number of imide groups is 3. The molecule has 36 heavy (non-hydrogen) atoms. The van der Waals surface area contributed by atoms with Gasteiger partial charge < -0.3 is 11.1 Å². The predicted molar refractivity (Wildman–Crippen MR) is 136 cm³/mol. The predicted octanol–water partition coefficient (Wildman–Crippen LogP) is 3.18. The minimum atomic E-state index is -1.15. The highest BCUT2D eigenvalue weighted by Crippen LogP contribution is 2.53. The summed E-state index contributed by atoms with van der Waals surface area (Å²) in [5.74, 6) is -3.48. The number of anilines is 1. The van der Waals surface area contributed by atoms with Crippen molar-refractivity contribution in [2.24, 2.45) is 11.7 Å². The summed E-state index contributed by atoms with van der Waals surface area (Å²) in [6.45, 7) is 1.65. The van der Waals surface area contributed by atoms with Crippen LogP contribution < -0.4 is 15.9 Å². The zero-order valence-corrected chi connectivity index (χ0v) is 21.2. The topological polar surface area (TPSA) is 132 Å². The zero-order valence-electron chi connectivity index (χ0n) is 18.8. The first-order valence-electron chi connectivity index (χ1n) is 10.8. The number of thiazole rings is 1. The molecule has 5 amide bonds. The van der Waals surface area contributed by atoms with E-state index in [1.165, 1.54) is 4.57 Å².